The van der Waals surface area contributed by atoms with Gasteiger partial charge in [0.05, 0.1) is 5.02 Å². The number of likely N-dealkylation sites (tertiary alicyclic amines) is 1. The number of halogens is 2. The molecule has 16 heavy (non-hydrogen) atoms. The fourth-order valence-electron chi connectivity index (χ4n) is 2.03. The van der Waals surface area contributed by atoms with E-state index in [4.69, 9.17) is 11.6 Å². The molecule has 0 radical (unpaired) electrons. The Morgan fingerprint density at radius 2 is 2.12 bits per heavy atom. The van der Waals surface area contributed by atoms with Gasteiger partial charge in [0, 0.05) is 31.4 Å². The van der Waals surface area contributed by atoms with Crippen LogP contribution in [0.1, 0.15) is 18.5 Å². The van der Waals surface area contributed by atoms with Gasteiger partial charge in [-0.15, -0.1) is 0 Å². The summed E-state index contributed by atoms with van der Waals surface area (Å²) >= 11 is 5.75. The lowest BCUT2D eigenvalue weighted by molar-refractivity contribution is 0.0689. The van der Waals surface area contributed by atoms with Gasteiger partial charge in [-0.3, -0.25) is 4.98 Å². The first-order valence-electron chi connectivity index (χ1n) is 5.55. The SMILES string of the molecule is CN1CCC(F)(Cc2ccc(Cl)cn2)CC1. The fourth-order valence-corrected chi connectivity index (χ4v) is 2.14. The molecule has 0 unspecified atom stereocenters. The molecule has 2 nitrogen and oxygen atoms in total. The van der Waals surface area contributed by atoms with Crippen molar-refractivity contribution in [3.8, 4) is 0 Å². The van der Waals surface area contributed by atoms with Gasteiger partial charge >= 0.3 is 0 Å². The summed E-state index contributed by atoms with van der Waals surface area (Å²) in [6.07, 6.45) is 3.16. The molecule has 0 aromatic carbocycles. The zero-order valence-electron chi connectivity index (χ0n) is 9.42. The van der Waals surface area contributed by atoms with E-state index in [-0.39, 0.29) is 0 Å². The summed E-state index contributed by atoms with van der Waals surface area (Å²) < 4.78 is 14.4. The second-order valence-corrected chi connectivity index (χ2v) is 5.04. The molecule has 1 aliphatic heterocycles. The normalized spacial score (nSPS) is 20.9. The van der Waals surface area contributed by atoms with E-state index in [1.165, 1.54) is 0 Å². The van der Waals surface area contributed by atoms with Crippen LogP contribution in [0.15, 0.2) is 18.3 Å². The van der Waals surface area contributed by atoms with Gasteiger partial charge in [-0.25, -0.2) is 4.39 Å². The summed E-state index contributed by atoms with van der Waals surface area (Å²) in [6, 6.07) is 3.57. The lowest BCUT2D eigenvalue weighted by atomic mass is 9.89. The van der Waals surface area contributed by atoms with Gasteiger partial charge in [0.1, 0.15) is 5.67 Å². The largest absolute Gasteiger partial charge is 0.306 e. The zero-order chi connectivity index (χ0) is 11.6. The number of rotatable bonds is 2. The maximum atomic E-state index is 14.4. The molecule has 0 atom stereocenters. The predicted molar refractivity (Wildman–Crippen MR) is 63.5 cm³/mol. The minimum Gasteiger partial charge on any atom is -0.306 e. The number of alkyl halides is 1. The molecular formula is C12H16ClFN2. The van der Waals surface area contributed by atoms with Crippen LogP contribution in [-0.2, 0) is 6.42 Å². The number of hydrogen-bond acceptors (Lipinski definition) is 2. The Balaban J connectivity index is 2.00. The molecule has 0 N–H and O–H groups in total. The van der Waals surface area contributed by atoms with Gasteiger partial charge in [-0.1, -0.05) is 11.6 Å². The van der Waals surface area contributed by atoms with Gasteiger partial charge in [-0.2, -0.15) is 0 Å². The van der Waals surface area contributed by atoms with Crippen molar-refractivity contribution in [2.45, 2.75) is 24.9 Å². The average Bonchev–Trinajstić information content (AvgIpc) is 2.27. The summed E-state index contributed by atoms with van der Waals surface area (Å²) in [5.41, 5.74) is -0.302. The van der Waals surface area contributed by atoms with E-state index in [1.54, 1.807) is 12.3 Å². The predicted octanol–water partition coefficient (Wildman–Crippen LogP) is 2.71. The third-order valence-corrected chi connectivity index (χ3v) is 3.39. The van der Waals surface area contributed by atoms with Crippen LogP contribution in [0.3, 0.4) is 0 Å². The highest BCUT2D eigenvalue weighted by Crippen LogP contribution is 2.29. The van der Waals surface area contributed by atoms with Crippen LogP contribution in [0.2, 0.25) is 5.02 Å². The molecule has 0 spiro atoms. The van der Waals surface area contributed by atoms with E-state index in [0.717, 1.165) is 18.8 Å². The summed E-state index contributed by atoms with van der Waals surface area (Å²) in [6.45, 7) is 1.65. The lowest BCUT2D eigenvalue weighted by Crippen LogP contribution is -2.41. The van der Waals surface area contributed by atoms with Crippen molar-refractivity contribution in [2.24, 2.45) is 0 Å². The van der Waals surface area contributed by atoms with Crippen LogP contribution in [0.4, 0.5) is 4.39 Å². The zero-order valence-corrected chi connectivity index (χ0v) is 10.2. The number of aromatic nitrogens is 1. The van der Waals surface area contributed by atoms with Gasteiger partial charge in [0.2, 0.25) is 0 Å². The second kappa shape index (κ2) is 4.68. The molecule has 2 heterocycles. The molecular weight excluding hydrogens is 227 g/mol. The summed E-state index contributed by atoms with van der Waals surface area (Å²) in [4.78, 5) is 6.31. The molecule has 0 saturated carbocycles. The van der Waals surface area contributed by atoms with E-state index in [0.29, 0.717) is 24.3 Å². The van der Waals surface area contributed by atoms with E-state index in [9.17, 15) is 4.39 Å². The van der Waals surface area contributed by atoms with Crippen LogP contribution < -0.4 is 0 Å². The van der Waals surface area contributed by atoms with Crippen molar-refractivity contribution >= 4 is 11.6 Å². The van der Waals surface area contributed by atoms with E-state index < -0.39 is 5.67 Å². The lowest BCUT2D eigenvalue weighted by Gasteiger charge is -2.34. The molecule has 0 aliphatic carbocycles. The first kappa shape index (κ1) is 11.8. The molecule has 1 fully saturated rings. The number of hydrogen-bond donors (Lipinski definition) is 0. The Morgan fingerprint density at radius 3 is 2.69 bits per heavy atom. The van der Waals surface area contributed by atoms with E-state index >= 15 is 0 Å². The maximum absolute atomic E-state index is 14.4. The molecule has 1 aromatic rings. The first-order valence-corrected chi connectivity index (χ1v) is 5.93. The molecule has 1 aliphatic rings. The van der Waals surface area contributed by atoms with Crippen LogP contribution in [-0.4, -0.2) is 35.7 Å². The van der Waals surface area contributed by atoms with E-state index in [2.05, 4.69) is 9.88 Å². The number of nitrogens with zero attached hydrogens (tertiary/aromatic N) is 2. The van der Waals surface area contributed by atoms with Crippen LogP contribution in [0.5, 0.6) is 0 Å². The smallest absolute Gasteiger partial charge is 0.119 e. The van der Waals surface area contributed by atoms with Crippen LogP contribution in [0, 0.1) is 0 Å². The highest BCUT2D eigenvalue weighted by molar-refractivity contribution is 6.30. The minimum absolute atomic E-state index is 0.401. The van der Waals surface area contributed by atoms with Crippen molar-refractivity contribution in [1.29, 1.82) is 0 Å². The van der Waals surface area contributed by atoms with Crippen molar-refractivity contribution in [3.05, 3.63) is 29.0 Å². The molecule has 1 saturated heterocycles. The summed E-state index contributed by atoms with van der Waals surface area (Å²) in [5, 5.41) is 0.597. The third-order valence-electron chi connectivity index (χ3n) is 3.17. The standard InChI is InChI=1S/C12H16ClFN2/c1-16-6-4-12(14,5-7-16)8-11-3-2-10(13)9-15-11/h2-3,9H,4-8H2,1H3. The van der Waals surface area contributed by atoms with Crippen molar-refractivity contribution in [1.82, 2.24) is 9.88 Å². The number of piperidine rings is 1. The average molecular weight is 243 g/mol. The Kier molecular flexibility index (Phi) is 3.45. The molecule has 1 aromatic heterocycles. The molecule has 0 amide bonds. The number of pyridine rings is 1. The maximum Gasteiger partial charge on any atom is 0.119 e. The van der Waals surface area contributed by atoms with E-state index in [1.807, 2.05) is 13.1 Å². The van der Waals surface area contributed by atoms with Gasteiger partial charge in [-0.05, 0) is 32.0 Å². The van der Waals surface area contributed by atoms with Gasteiger partial charge in [0.25, 0.3) is 0 Å². The topological polar surface area (TPSA) is 16.1 Å². The molecule has 2 rings (SSSR count). The van der Waals surface area contributed by atoms with Crippen molar-refractivity contribution < 1.29 is 4.39 Å². The highest BCUT2D eigenvalue weighted by Gasteiger charge is 2.33. The van der Waals surface area contributed by atoms with Crippen LogP contribution >= 0.6 is 11.6 Å². The highest BCUT2D eigenvalue weighted by atomic mass is 35.5. The Morgan fingerprint density at radius 1 is 1.44 bits per heavy atom. The summed E-state index contributed by atoms with van der Waals surface area (Å²) in [5.74, 6) is 0. The molecule has 88 valence electrons. The fraction of sp³-hybridized carbons (Fsp3) is 0.583. The second-order valence-electron chi connectivity index (χ2n) is 4.60. The Bertz CT molecular complexity index is 345. The Hall–Kier alpha value is -0.670. The van der Waals surface area contributed by atoms with Crippen molar-refractivity contribution in [2.75, 3.05) is 20.1 Å². The minimum atomic E-state index is -1.09. The first-order chi connectivity index (χ1) is 7.57. The van der Waals surface area contributed by atoms with Crippen molar-refractivity contribution in [3.63, 3.8) is 0 Å². The Labute approximate surface area is 100 Å². The summed E-state index contributed by atoms with van der Waals surface area (Å²) in [7, 11) is 2.03. The third kappa shape index (κ3) is 2.92. The molecule has 4 heteroatoms. The van der Waals surface area contributed by atoms with Crippen LogP contribution in [0.25, 0.3) is 0 Å². The van der Waals surface area contributed by atoms with Gasteiger partial charge < -0.3 is 4.90 Å². The quantitative estimate of drug-likeness (QED) is 0.793. The monoisotopic (exact) mass is 242 g/mol. The molecule has 0 bridgehead atoms. The van der Waals surface area contributed by atoms with Gasteiger partial charge in [0.15, 0.2) is 0 Å².